The van der Waals surface area contributed by atoms with E-state index in [1.807, 2.05) is 0 Å². The number of nitrogens with zero attached hydrogens (tertiary/aromatic N) is 1. The Hall–Kier alpha value is -1.16. The molecule has 0 aromatic heterocycles. The molecular weight excluding hydrogens is 260 g/mol. The highest BCUT2D eigenvalue weighted by Gasteiger charge is 2.11. The first kappa shape index (κ1) is 16.2. The monoisotopic (exact) mass is 288 g/mol. The summed E-state index contributed by atoms with van der Waals surface area (Å²) in [6, 6.07) is 8.95. The van der Waals surface area contributed by atoms with E-state index in [9.17, 15) is 0 Å². The summed E-state index contributed by atoms with van der Waals surface area (Å²) in [5.41, 5.74) is 4.23. The predicted octanol–water partition coefficient (Wildman–Crippen LogP) is 2.96. The molecule has 3 heteroatoms. The fraction of sp³-hybridized carbons (Fsp3) is 0.556. The van der Waals surface area contributed by atoms with Crippen LogP contribution in [0.15, 0.2) is 35.9 Å². The van der Waals surface area contributed by atoms with Crippen molar-refractivity contribution >= 4 is 0 Å². The van der Waals surface area contributed by atoms with Crippen molar-refractivity contribution in [1.82, 2.24) is 10.2 Å². The summed E-state index contributed by atoms with van der Waals surface area (Å²) in [7, 11) is 1.77. The first-order chi connectivity index (χ1) is 10.3. The standard InChI is InChI=1S/C18H28N2O/c1-3-9-19-13-17-5-4-6-18(12-17)14-20-10-7-16(8-11-20)15-21-2/h4-7,12,19H,3,8-11,13-15H2,1-2H3. The fourth-order valence-electron chi connectivity index (χ4n) is 2.72. The first-order valence-corrected chi connectivity index (χ1v) is 7.99. The van der Waals surface area contributed by atoms with Crippen molar-refractivity contribution in [3.63, 3.8) is 0 Å². The van der Waals surface area contributed by atoms with E-state index < -0.39 is 0 Å². The van der Waals surface area contributed by atoms with Gasteiger partial charge in [-0.3, -0.25) is 4.90 Å². The van der Waals surface area contributed by atoms with Crippen LogP contribution in [0.3, 0.4) is 0 Å². The van der Waals surface area contributed by atoms with Gasteiger partial charge < -0.3 is 10.1 Å². The number of rotatable bonds is 8. The first-order valence-electron chi connectivity index (χ1n) is 7.99. The second kappa shape index (κ2) is 8.98. The summed E-state index contributed by atoms with van der Waals surface area (Å²) < 4.78 is 5.20. The van der Waals surface area contributed by atoms with Crippen molar-refractivity contribution in [2.24, 2.45) is 0 Å². The second-order valence-electron chi connectivity index (χ2n) is 5.78. The topological polar surface area (TPSA) is 24.5 Å². The smallest absolute Gasteiger partial charge is 0.0673 e. The molecule has 0 saturated carbocycles. The van der Waals surface area contributed by atoms with Gasteiger partial charge >= 0.3 is 0 Å². The summed E-state index contributed by atoms with van der Waals surface area (Å²) >= 11 is 0. The molecule has 1 aromatic rings. The lowest BCUT2D eigenvalue weighted by Gasteiger charge is -2.26. The van der Waals surface area contributed by atoms with Crippen LogP contribution in [0.5, 0.6) is 0 Å². The zero-order chi connectivity index (χ0) is 14.9. The maximum atomic E-state index is 5.20. The molecule has 116 valence electrons. The third-order valence-electron chi connectivity index (χ3n) is 3.87. The minimum atomic E-state index is 0.784. The van der Waals surface area contributed by atoms with E-state index in [4.69, 9.17) is 4.74 Å². The molecule has 1 aliphatic heterocycles. The molecule has 0 saturated heterocycles. The van der Waals surface area contributed by atoms with Gasteiger partial charge in [0.2, 0.25) is 0 Å². The van der Waals surface area contributed by atoms with Crippen molar-refractivity contribution in [2.45, 2.75) is 32.9 Å². The van der Waals surface area contributed by atoms with Gasteiger partial charge in [0.1, 0.15) is 0 Å². The van der Waals surface area contributed by atoms with E-state index in [0.717, 1.165) is 45.8 Å². The van der Waals surface area contributed by atoms with Gasteiger partial charge in [0.05, 0.1) is 6.61 Å². The maximum Gasteiger partial charge on any atom is 0.0673 e. The largest absolute Gasteiger partial charge is 0.380 e. The Morgan fingerprint density at radius 3 is 2.86 bits per heavy atom. The Bertz CT molecular complexity index is 456. The van der Waals surface area contributed by atoms with Gasteiger partial charge in [-0.25, -0.2) is 0 Å². The van der Waals surface area contributed by atoms with E-state index in [1.165, 1.54) is 23.1 Å². The molecular formula is C18H28N2O. The number of ether oxygens (including phenoxy) is 1. The summed E-state index contributed by atoms with van der Waals surface area (Å²) in [5, 5.41) is 3.47. The normalized spacial score (nSPS) is 16.0. The lowest BCUT2D eigenvalue weighted by molar-refractivity contribution is 0.210. The van der Waals surface area contributed by atoms with Crippen LogP contribution >= 0.6 is 0 Å². The zero-order valence-electron chi connectivity index (χ0n) is 13.4. The average Bonchev–Trinajstić information content (AvgIpc) is 2.50. The molecule has 21 heavy (non-hydrogen) atoms. The third-order valence-corrected chi connectivity index (χ3v) is 3.87. The molecule has 1 heterocycles. The van der Waals surface area contributed by atoms with Gasteiger partial charge in [-0.05, 0) is 36.1 Å². The fourth-order valence-corrected chi connectivity index (χ4v) is 2.72. The van der Waals surface area contributed by atoms with Crippen molar-refractivity contribution in [2.75, 3.05) is 33.4 Å². The minimum Gasteiger partial charge on any atom is -0.380 e. The van der Waals surface area contributed by atoms with Crippen LogP contribution in [-0.2, 0) is 17.8 Å². The van der Waals surface area contributed by atoms with Gasteiger partial charge in [-0.2, -0.15) is 0 Å². The number of hydrogen-bond donors (Lipinski definition) is 1. The Morgan fingerprint density at radius 1 is 1.29 bits per heavy atom. The summed E-state index contributed by atoms with van der Waals surface area (Å²) in [6.45, 7) is 8.25. The molecule has 0 atom stereocenters. The second-order valence-corrected chi connectivity index (χ2v) is 5.78. The minimum absolute atomic E-state index is 0.784. The molecule has 1 N–H and O–H groups in total. The summed E-state index contributed by atoms with van der Waals surface area (Å²) in [5.74, 6) is 0. The predicted molar refractivity (Wildman–Crippen MR) is 88.3 cm³/mol. The SMILES string of the molecule is CCCNCc1cccc(CN2CC=C(COC)CC2)c1. The molecule has 1 aliphatic rings. The molecule has 1 aromatic carbocycles. The molecule has 0 aliphatic carbocycles. The van der Waals surface area contributed by atoms with E-state index >= 15 is 0 Å². The summed E-state index contributed by atoms with van der Waals surface area (Å²) in [6.07, 6.45) is 4.63. The molecule has 0 radical (unpaired) electrons. The van der Waals surface area contributed by atoms with E-state index in [-0.39, 0.29) is 0 Å². The maximum absolute atomic E-state index is 5.20. The van der Waals surface area contributed by atoms with Crippen LogP contribution in [0, 0.1) is 0 Å². The number of hydrogen-bond acceptors (Lipinski definition) is 3. The number of methoxy groups -OCH3 is 1. The van der Waals surface area contributed by atoms with Crippen LogP contribution in [0.2, 0.25) is 0 Å². The van der Waals surface area contributed by atoms with E-state index in [0.29, 0.717) is 0 Å². The molecule has 0 bridgehead atoms. The van der Waals surface area contributed by atoms with Gasteiger partial charge in [-0.1, -0.05) is 37.3 Å². The Labute approximate surface area is 129 Å². The van der Waals surface area contributed by atoms with E-state index in [1.54, 1.807) is 7.11 Å². The van der Waals surface area contributed by atoms with Gasteiger partial charge in [0.25, 0.3) is 0 Å². The molecule has 0 spiro atoms. The lowest BCUT2D eigenvalue weighted by atomic mass is 10.1. The van der Waals surface area contributed by atoms with Crippen LogP contribution in [0.25, 0.3) is 0 Å². The Balaban J connectivity index is 1.84. The summed E-state index contributed by atoms with van der Waals surface area (Å²) in [4.78, 5) is 2.50. The molecule has 0 unspecified atom stereocenters. The van der Waals surface area contributed by atoms with Crippen LogP contribution in [0.1, 0.15) is 30.9 Å². The zero-order valence-corrected chi connectivity index (χ0v) is 13.4. The number of benzene rings is 1. The van der Waals surface area contributed by atoms with Crippen molar-refractivity contribution in [3.05, 3.63) is 47.0 Å². The lowest BCUT2D eigenvalue weighted by Crippen LogP contribution is -2.29. The highest BCUT2D eigenvalue weighted by molar-refractivity contribution is 5.23. The van der Waals surface area contributed by atoms with Crippen molar-refractivity contribution < 1.29 is 4.74 Å². The highest BCUT2D eigenvalue weighted by Crippen LogP contribution is 2.15. The molecule has 0 amide bonds. The molecule has 2 rings (SSSR count). The number of nitrogens with one attached hydrogen (secondary N) is 1. The third kappa shape index (κ3) is 5.62. The van der Waals surface area contributed by atoms with Crippen molar-refractivity contribution in [1.29, 1.82) is 0 Å². The van der Waals surface area contributed by atoms with Crippen LogP contribution in [-0.4, -0.2) is 38.3 Å². The Kier molecular flexibility index (Phi) is 6.93. The van der Waals surface area contributed by atoms with Crippen molar-refractivity contribution in [3.8, 4) is 0 Å². The van der Waals surface area contributed by atoms with Gasteiger partial charge in [-0.15, -0.1) is 0 Å². The van der Waals surface area contributed by atoms with Gasteiger partial charge in [0, 0.05) is 33.3 Å². The molecule has 0 fully saturated rings. The average molecular weight is 288 g/mol. The van der Waals surface area contributed by atoms with Crippen LogP contribution in [0.4, 0.5) is 0 Å². The van der Waals surface area contributed by atoms with Gasteiger partial charge in [0.15, 0.2) is 0 Å². The highest BCUT2D eigenvalue weighted by atomic mass is 16.5. The van der Waals surface area contributed by atoms with E-state index in [2.05, 4.69) is 47.5 Å². The quantitative estimate of drug-likeness (QED) is 0.588. The Morgan fingerprint density at radius 2 is 2.14 bits per heavy atom. The van der Waals surface area contributed by atoms with Crippen LogP contribution < -0.4 is 5.32 Å². The molecule has 3 nitrogen and oxygen atoms in total.